The van der Waals surface area contributed by atoms with Crippen LogP contribution in [-0.2, 0) is 0 Å². The number of nitrogens with one attached hydrogen (secondary N) is 1. The smallest absolute Gasteiger partial charge is 0.214 e. The highest BCUT2D eigenvalue weighted by Crippen LogP contribution is 2.13. The molecule has 1 aromatic heterocycles. The molecule has 1 heterocycles. The van der Waals surface area contributed by atoms with Crippen molar-refractivity contribution >= 4 is 5.69 Å². The van der Waals surface area contributed by atoms with Crippen LogP contribution in [0.1, 0.15) is 12.5 Å². The van der Waals surface area contributed by atoms with Gasteiger partial charge in [0.15, 0.2) is 0 Å². The van der Waals surface area contributed by atoms with Crippen LogP contribution in [0.2, 0.25) is 0 Å². The van der Waals surface area contributed by atoms with E-state index in [0.29, 0.717) is 12.3 Å². The van der Waals surface area contributed by atoms with Gasteiger partial charge in [-0.3, -0.25) is 0 Å². The Morgan fingerprint density at radius 1 is 1.26 bits per heavy atom. The Bertz CT molecular complexity index is 528. The van der Waals surface area contributed by atoms with Crippen molar-refractivity contribution in [3.8, 4) is 5.75 Å². The summed E-state index contributed by atoms with van der Waals surface area (Å²) in [5, 5.41) is 3.16. The zero-order chi connectivity index (χ0) is 13.7. The van der Waals surface area contributed by atoms with Crippen LogP contribution in [0.5, 0.6) is 5.75 Å². The van der Waals surface area contributed by atoms with Crippen LogP contribution in [-0.4, -0.2) is 17.6 Å². The maximum atomic E-state index is 12.9. The highest BCUT2D eigenvalue weighted by molar-refractivity contribution is 5.42. The number of nitrogens with zero attached hydrogens (tertiary/aromatic N) is 1. The van der Waals surface area contributed by atoms with E-state index >= 15 is 0 Å². The van der Waals surface area contributed by atoms with Crippen LogP contribution in [0, 0.1) is 12.9 Å². The lowest BCUT2D eigenvalue weighted by atomic mass is 10.2. The highest BCUT2D eigenvalue weighted by atomic mass is 19.1. The van der Waals surface area contributed by atoms with E-state index in [1.54, 1.807) is 6.07 Å². The van der Waals surface area contributed by atoms with E-state index in [-0.39, 0.29) is 6.04 Å². The minimum atomic E-state index is -0.489. The summed E-state index contributed by atoms with van der Waals surface area (Å²) < 4.78 is 18.6. The number of anilines is 1. The Morgan fingerprint density at radius 2 is 2.00 bits per heavy atom. The van der Waals surface area contributed by atoms with Crippen molar-refractivity contribution in [3.63, 3.8) is 0 Å². The molecule has 0 aliphatic carbocycles. The Balaban J connectivity index is 1.84. The number of pyridine rings is 1. The van der Waals surface area contributed by atoms with E-state index in [4.69, 9.17) is 4.74 Å². The van der Waals surface area contributed by atoms with Crippen LogP contribution in [0.3, 0.4) is 0 Å². The molecule has 100 valence electrons. The van der Waals surface area contributed by atoms with Crippen LogP contribution < -0.4 is 10.1 Å². The molecule has 0 aliphatic heterocycles. The molecule has 0 saturated carbocycles. The lowest BCUT2D eigenvalue weighted by molar-refractivity contribution is 0.304. The third kappa shape index (κ3) is 4.25. The van der Waals surface area contributed by atoms with Crippen molar-refractivity contribution in [2.45, 2.75) is 19.9 Å². The Labute approximate surface area is 112 Å². The second kappa shape index (κ2) is 6.18. The van der Waals surface area contributed by atoms with Gasteiger partial charge in [0.05, 0.1) is 6.04 Å². The van der Waals surface area contributed by atoms with Gasteiger partial charge in [0, 0.05) is 18.0 Å². The zero-order valence-corrected chi connectivity index (χ0v) is 11.1. The summed E-state index contributed by atoms with van der Waals surface area (Å²) in [6, 6.07) is 11.1. The van der Waals surface area contributed by atoms with E-state index in [9.17, 15) is 4.39 Å². The third-order valence-electron chi connectivity index (χ3n) is 2.66. The van der Waals surface area contributed by atoms with Gasteiger partial charge in [-0.05, 0) is 32.0 Å². The van der Waals surface area contributed by atoms with E-state index in [2.05, 4.69) is 10.3 Å². The molecule has 0 aliphatic rings. The third-order valence-corrected chi connectivity index (χ3v) is 2.66. The average molecular weight is 260 g/mol. The maximum absolute atomic E-state index is 12.9. The molecule has 4 heteroatoms. The second-order valence-corrected chi connectivity index (χ2v) is 4.54. The lowest BCUT2D eigenvalue weighted by Crippen LogP contribution is -2.23. The van der Waals surface area contributed by atoms with Crippen LogP contribution in [0.25, 0.3) is 0 Å². The SMILES string of the molecule is Cc1ccc(OCC(C)Nc2ccnc(F)c2)cc1. The summed E-state index contributed by atoms with van der Waals surface area (Å²) in [5.41, 5.74) is 1.90. The fraction of sp³-hybridized carbons (Fsp3) is 0.267. The minimum absolute atomic E-state index is 0.0723. The molecule has 0 spiro atoms. The Morgan fingerprint density at radius 3 is 2.68 bits per heavy atom. The molecule has 3 nitrogen and oxygen atoms in total. The quantitative estimate of drug-likeness (QED) is 0.836. The second-order valence-electron chi connectivity index (χ2n) is 4.54. The Kier molecular flexibility index (Phi) is 4.34. The predicted molar refractivity (Wildman–Crippen MR) is 74.0 cm³/mol. The molecule has 0 bridgehead atoms. The number of hydrogen-bond acceptors (Lipinski definition) is 3. The number of aryl methyl sites for hydroxylation is 1. The molecule has 2 rings (SSSR count). The monoisotopic (exact) mass is 260 g/mol. The fourth-order valence-electron chi connectivity index (χ4n) is 1.67. The number of benzene rings is 1. The predicted octanol–water partition coefficient (Wildman–Crippen LogP) is 3.41. The molecular formula is C15H17FN2O. The van der Waals surface area contributed by atoms with Crippen molar-refractivity contribution in [2.24, 2.45) is 0 Å². The number of halogens is 1. The van der Waals surface area contributed by atoms with E-state index in [0.717, 1.165) is 5.75 Å². The molecule has 2 aromatic rings. The normalized spacial score (nSPS) is 11.9. The van der Waals surface area contributed by atoms with E-state index < -0.39 is 5.95 Å². The van der Waals surface area contributed by atoms with Gasteiger partial charge in [-0.25, -0.2) is 4.98 Å². The van der Waals surface area contributed by atoms with Gasteiger partial charge in [-0.2, -0.15) is 4.39 Å². The summed E-state index contributed by atoms with van der Waals surface area (Å²) >= 11 is 0. The van der Waals surface area contributed by atoms with Crippen LogP contribution in [0.4, 0.5) is 10.1 Å². The molecule has 0 saturated heterocycles. The van der Waals surface area contributed by atoms with Gasteiger partial charge >= 0.3 is 0 Å². The van der Waals surface area contributed by atoms with E-state index in [1.165, 1.54) is 17.8 Å². The van der Waals surface area contributed by atoms with Crippen LogP contribution >= 0.6 is 0 Å². The Hall–Kier alpha value is -2.10. The minimum Gasteiger partial charge on any atom is -0.491 e. The largest absolute Gasteiger partial charge is 0.491 e. The topological polar surface area (TPSA) is 34.1 Å². The van der Waals surface area contributed by atoms with Crippen LogP contribution in [0.15, 0.2) is 42.6 Å². The van der Waals surface area contributed by atoms with E-state index in [1.807, 2.05) is 38.1 Å². The summed E-state index contributed by atoms with van der Waals surface area (Å²) in [6.07, 6.45) is 1.44. The maximum Gasteiger partial charge on any atom is 0.214 e. The molecule has 1 N–H and O–H groups in total. The highest BCUT2D eigenvalue weighted by Gasteiger charge is 2.04. The molecule has 19 heavy (non-hydrogen) atoms. The van der Waals surface area contributed by atoms with Crippen molar-refractivity contribution in [3.05, 3.63) is 54.1 Å². The van der Waals surface area contributed by atoms with Gasteiger partial charge in [-0.1, -0.05) is 17.7 Å². The summed E-state index contributed by atoms with van der Waals surface area (Å²) in [4.78, 5) is 3.51. The molecule has 0 amide bonds. The molecule has 1 atom stereocenters. The van der Waals surface area contributed by atoms with Gasteiger partial charge in [0.2, 0.25) is 5.95 Å². The van der Waals surface area contributed by atoms with Crippen molar-refractivity contribution < 1.29 is 9.13 Å². The van der Waals surface area contributed by atoms with Gasteiger partial charge in [-0.15, -0.1) is 0 Å². The standard InChI is InChI=1S/C15H17FN2O/c1-11-3-5-14(6-4-11)19-10-12(2)18-13-7-8-17-15(16)9-13/h3-9,12H,10H2,1-2H3,(H,17,18). The molecular weight excluding hydrogens is 243 g/mol. The van der Waals surface area contributed by atoms with Crippen molar-refractivity contribution in [1.29, 1.82) is 0 Å². The molecule has 1 unspecified atom stereocenters. The van der Waals surface area contributed by atoms with Gasteiger partial charge in [0.1, 0.15) is 12.4 Å². The average Bonchev–Trinajstić information content (AvgIpc) is 2.38. The first-order valence-electron chi connectivity index (χ1n) is 6.21. The molecule has 0 radical (unpaired) electrons. The first-order valence-corrected chi connectivity index (χ1v) is 6.21. The number of aromatic nitrogens is 1. The summed E-state index contributed by atoms with van der Waals surface area (Å²) in [7, 11) is 0. The fourth-order valence-corrected chi connectivity index (χ4v) is 1.67. The summed E-state index contributed by atoms with van der Waals surface area (Å²) in [6.45, 7) is 4.52. The molecule has 1 aromatic carbocycles. The number of ether oxygens (including phenoxy) is 1. The zero-order valence-electron chi connectivity index (χ0n) is 11.1. The lowest BCUT2D eigenvalue weighted by Gasteiger charge is -2.16. The van der Waals surface area contributed by atoms with Crippen molar-refractivity contribution in [2.75, 3.05) is 11.9 Å². The summed E-state index contributed by atoms with van der Waals surface area (Å²) in [5.74, 6) is 0.344. The van der Waals surface area contributed by atoms with Gasteiger partial charge in [0.25, 0.3) is 0 Å². The number of hydrogen-bond donors (Lipinski definition) is 1. The van der Waals surface area contributed by atoms with Crippen molar-refractivity contribution in [1.82, 2.24) is 4.98 Å². The van der Waals surface area contributed by atoms with Gasteiger partial charge < -0.3 is 10.1 Å². The molecule has 0 fully saturated rings. The first kappa shape index (κ1) is 13.3. The first-order chi connectivity index (χ1) is 9.13. The number of rotatable bonds is 5.